The molecule has 0 fully saturated rings. The molecule has 0 atom stereocenters. The van der Waals surface area contributed by atoms with Gasteiger partial charge in [0.05, 0.1) is 44.3 Å². The molecule has 5 heteroatoms. The Morgan fingerprint density at radius 1 is 0.234 bits per heavy atom. The predicted octanol–water partition coefficient (Wildman–Crippen LogP) is 22.8. The van der Waals surface area contributed by atoms with Crippen molar-refractivity contribution in [3.05, 3.63) is 306 Å². The average molecular weight is 1200 g/mol. The number of hydrogen-bond acceptors (Lipinski definition) is 2. The fraction of sp³-hybridized carbons (Fsp3) is 0.101. The number of para-hydroxylation sites is 3. The Bertz CT molecular complexity index is 6200. The van der Waals surface area contributed by atoms with E-state index in [0.717, 1.165) is 55.9 Å². The van der Waals surface area contributed by atoms with Crippen LogP contribution in [0.3, 0.4) is 0 Å². The van der Waals surface area contributed by atoms with Gasteiger partial charge < -0.3 is 13.7 Å². The van der Waals surface area contributed by atoms with Gasteiger partial charge in [-0.15, -0.1) is 0 Å². The van der Waals surface area contributed by atoms with Gasteiger partial charge in [-0.2, -0.15) is 0 Å². The summed E-state index contributed by atoms with van der Waals surface area (Å²) in [7, 11) is 0. The lowest BCUT2D eigenvalue weighted by Gasteiger charge is -2.21. The van der Waals surface area contributed by atoms with Crippen LogP contribution in [-0.2, 0) is 16.2 Å². The van der Waals surface area contributed by atoms with Gasteiger partial charge in [0.1, 0.15) is 0 Å². The highest BCUT2D eigenvalue weighted by molar-refractivity contribution is 6.14. The van der Waals surface area contributed by atoms with Crippen LogP contribution in [0.1, 0.15) is 74.9 Å². The van der Waals surface area contributed by atoms with Gasteiger partial charge in [0.15, 0.2) is 5.82 Å². The van der Waals surface area contributed by atoms with Crippen LogP contribution in [0.5, 0.6) is 0 Å². The van der Waals surface area contributed by atoms with Gasteiger partial charge in [0, 0.05) is 82.1 Å². The van der Waals surface area contributed by atoms with Crippen LogP contribution in [0.15, 0.2) is 273 Å². The molecule has 5 nitrogen and oxygen atoms in total. The molecule has 0 N–H and O–H groups in total. The summed E-state index contributed by atoms with van der Waals surface area (Å²) < 4.78 is 7.36. The number of aromatic nitrogens is 5. The molecule has 20 rings (SSSR count). The lowest BCUT2D eigenvalue weighted by atomic mass is 9.82. The molecule has 13 aromatic carbocycles. The second-order valence-corrected chi connectivity index (χ2v) is 28.1. The zero-order valence-electron chi connectivity index (χ0n) is 53.2. The molecule has 17 aromatic rings. The topological polar surface area (TPSA) is 40.6 Å². The summed E-state index contributed by atoms with van der Waals surface area (Å²) in [5, 5.41) is 8.49. The Balaban J connectivity index is 0.759. The van der Waals surface area contributed by atoms with E-state index >= 15 is 0 Å². The number of nitrogens with zero attached hydrogens (tertiary/aromatic N) is 5. The summed E-state index contributed by atoms with van der Waals surface area (Å²) in [6.07, 6.45) is 0. The normalized spacial score (nSPS) is 14.5. The third kappa shape index (κ3) is 7.24. The summed E-state index contributed by atoms with van der Waals surface area (Å²) in [4.78, 5) is 11.3. The summed E-state index contributed by atoms with van der Waals surface area (Å²) in [5.74, 6) is 0.668. The Morgan fingerprint density at radius 2 is 0.628 bits per heavy atom. The van der Waals surface area contributed by atoms with Crippen molar-refractivity contribution in [3.8, 4) is 84.2 Å². The molecule has 0 unspecified atom stereocenters. The zero-order valence-corrected chi connectivity index (χ0v) is 53.2. The first-order valence-corrected chi connectivity index (χ1v) is 33.0. The van der Waals surface area contributed by atoms with Gasteiger partial charge >= 0.3 is 0 Å². The second kappa shape index (κ2) is 18.9. The van der Waals surface area contributed by atoms with Gasteiger partial charge in [-0.25, -0.2) is 9.97 Å². The van der Waals surface area contributed by atoms with Crippen LogP contribution >= 0.6 is 0 Å². The molecule has 0 bridgehead atoms. The summed E-state index contributed by atoms with van der Waals surface area (Å²) in [5.41, 5.74) is 32.1. The fourth-order valence-corrected chi connectivity index (χ4v) is 17.4. The Morgan fingerprint density at radius 3 is 1.10 bits per heavy atom. The van der Waals surface area contributed by atoms with E-state index in [4.69, 9.17) is 9.97 Å². The first kappa shape index (κ1) is 53.3. The molecule has 4 heterocycles. The first-order chi connectivity index (χ1) is 45.9. The minimum Gasteiger partial charge on any atom is -0.309 e. The molecule has 0 amide bonds. The number of rotatable bonds is 6. The van der Waals surface area contributed by atoms with Gasteiger partial charge in [0.25, 0.3) is 0 Å². The van der Waals surface area contributed by atoms with Gasteiger partial charge in [-0.05, 0) is 181 Å². The van der Waals surface area contributed by atoms with E-state index in [0.29, 0.717) is 5.82 Å². The summed E-state index contributed by atoms with van der Waals surface area (Å²) in [6.45, 7) is 14.2. The van der Waals surface area contributed by atoms with Crippen molar-refractivity contribution < 1.29 is 0 Å². The van der Waals surface area contributed by atoms with E-state index < -0.39 is 0 Å². The Hall–Kier alpha value is -11.4. The minimum absolute atomic E-state index is 0.0923. The standard InChI is InChI=1S/C89H63N5/c1-87(2)72-31-13-7-25-59(72)65-49-82-68(46-75(65)87)62-28-10-16-34-79(62)92(82)56-40-37-52(38-41-56)53-39-42-78-71(45-53)85(54-21-19-23-57(43-54)93-80-35-17-11-29-63(80)69-47-76-66(50-83(69)93)60-26-8-14-32-73(60)88(76,3)4)91-86(90-78)55-22-20-24-58(44-55)94-81-36-18-12-30-64(81)70-48-77-67(51-84(70)94)61-27-9-15-33-74(61)89(77,5)6/h7-51H,1-6H3. The number of benzene rings is 13. The molecule has 0 spiro atoms. The molecule has 0 aliphatic heterocycles. The minimum atomic E-state index is -0.123. The largest absolute Gasteiger partial charge is 0.309 e. The lowest BCUT2D eigenvalue weighted by Crippen LogP contribution is -2.14. The molecule has 0 radical (unpaired) electrons. The van der Waals surface area contributed by atoms with Crippen LogP contribution in [-0.4, -0.2) is 23.7 Å². The first-order valence-electron chi connectivity index (χ1n) is 33.0. The maximum absolute atomic E-state index is 5.77. The van der Waals surface area contributed by atoms with Crippen LogP contribution in [0.4, 0.5) is 0 Å². The van der Waals surface area contributed by atoms with Crippen LogP contribution in [0, 0.1) is 0 Å². The zero-order chi connectivity index (χ0) is 62.7. The summed E-state index contributed by atoms with van der Waals surface area (Å²) >= 11 is 0. The molecule has 0 saturated heterocycles. The van der Waals surface area contributed by atoms with Crippen LogP contribution in [0.25, 0.3) is 161 Å². The van der Waals surface area contributed by atoms with Crippen molar-refractivity contribution in [2.24, 2.45) is 0 Å². The van der Waals surface area contributed by atoms with Crippen molar-refractivity contribution in [2.45, 2.75) is 57.8 Å². The maximum atomic E-state index is 5.77. The molecule has 3 aliphatic rings. The third-order valence-corrected chi connectivity index (χ3v) is 22.0. The average Bonchev–Trinajstić information content (AvgIpc) is 1.56. The molecule has 94 heavy (non-hydrogen) atoms. The van der Waals surface area contributed by atoms with Gasteiger partial charge in [0.2, 0.25) is 0 Å². The van der Waals surface area contributed by atoms with E-state index in [-0.39, 0.29) is 16.2 Å². The highest BCUT2D eigenvalue weighted by Gasteiger charge is 2.39. The molecule has 4 aromatic heterocycles. The predicted molar refractivity (Wildman–Crippen MR) is 392 cm³/mol. The van der Waals surface area contributed by atoms with Crippen molar-refractivity contribution in [2.75, 3.05) is 0 Å². The van der Waals surface area contributed by atoms with Gasteiger partial charge in [-0.3, -0.25) is 0 Å². The van der Waals surface area contributed by atoms with E-state index in [9.17, 15) is 0 Å². The van der Waals surface area contributed by atoms with E-state index in [1.54, 1.807) is 0 Å². The van der Waals surface area contributed by atoms with Crippen LogP contribution in [0.2, 0.25) is 0 Å². The monoisotopic (exact) mass is 1200 g/mol. The second-order valence-electron chi connectivity index (χ2n) is 28.1. The van der Waals surface area contributed by atoms with E-state index in [1.807, 2.05) is 0 Å². The number of hydrogen-bond donors (Lipinski definition) is 0. The van der Waals surface area contributed by atoms with Crippen molar-refractivity contribution in [3.63, 3.8) is 0 Å². The summed E-state index contributed by atoms with van der Waals surface area (Å²) in [6, 6.07) is 102. The van der Waals surface area contributed by atoms with Gasteiger partial charge in [-0.1, -0.05) is 211 Å². The van der Waals surface area contributed by atoms with Crippen molar-refractivity contribution in [1.29, 1.82) is 0 Å². The maximum Gasteiger partial charge on any atom is 0.160 e. The SMILES string of the molecule is CC1(C)c2ccccc2-c2cc3c(cc21)c1ccccc1n3-c1ccc(-c2ccc3nc(-c4cccc(-n5c6ccccc6c6cc7c(cc65)-c5ccccc5C7(C)C)c4)nc(-c4cccc(-n5c6ccccc6c6cc7c(cc65)-c5ccccc5C7(C)C)c4)c3c2)cc1. The molecule has 3 aliphatic carbocycles. The fourth-order valence-electron chi connectivity index (χ4n) is 17.4. The highest BCUT2D eigenvalue weighted by atomic mass is 15.0. The van der Waals surface area contributed by atoms with E-state index in [1.165, 1.54) is 132 Å². The Kier molecular flexibility index (Phi) is 10.7. The van der Waals surface area contributed by atoms with Crippen LogP contribution < -0.4 is 0 Å². The molecular weight excluding hydrogens is 1140 g/mol. The number of fused-ring (bicyclic) bond motifs is 19. The molecular formula is C89H63N5. The van der Waals surface area contributed by atoms with Crippen molar-refractivity contribution in [1.82, 2.24) is 23.7 Å². The Labute approximate surface area is 545 Å². The lowest BCUT2D eigenvalue weighted by molar-refractivity contribution is 0.661. The van der Waals surface area contributed by atoms with E-state index in [2.05, 4.69) is 328 Å². The highest BCUT2D eigenvalue weighted by Crippen LogP contribution is 2.55. The van der Waals surface area contributed by atoms with Crippen molar-refractivity contribution >= 4 is 76.3 Å². The third-order valence-electron chi connectivity index (χ3n) is 22.0. The quantitative estimate of drug-likeness (QED) is 0.166. The molecule has 444 valence electrons. The smallest absolute Gasteiger partial charge is 0.160 e. The molecule has 0 saturated carbocycles.